The smallest absolute Gasteiger partial charge is 0.191 e. The largest absolute Gasteiger partial charge is 0.497 e. The van der Waals surface area contributed by atoms with E-state index in [1.807, 2.05) is 48.7 Å². The van der Waals surface area contributed by atoms with Gasteiger partial charge in [-0.1, -0.05) is 22.0 Å². The molecule has 3 rings (SSSR count). The predicted molar refractivity (Wildman–Crippen MR) is 106 cm³/mol. The molecule has 5 nitrogen and oxygen atoms in total. The quantitative estimate of drug-likeness (QED) is 0.346. The second-order valence-corrected chi connectivity index (χ2v) is 6.31. The first-order valence-electron chi connectivity index (χ1n) is 7.16. The van der Waals surface area contributed by atoms with Gasteiger partial charge >= 0.3 is 0 Å². The summed E-state index contributed by atoms with van der Waals surface area (Å²) in [5, 5.41) is 8.73. The number of thiocarbonyl (C=S) groups is 1. The summed E-state index contributed by atoms with van der Waals surface area (Å²) in [5.74, 6) is 0.760. The number of hydrazone groups is 1. The number of nitrogens with one attached hydrogen (secondary N) is 3. The van der Waals surface area contributed by atoms with Gasteiger partial charge in [-0.25, -0.2) is 0 Å². The number of methoxy groups -OCH3 is 1. The fraction of sp³-hybridized carbons (Fsp3) is 0.0588. The summed E-state index contributed by atoms with van der Waals surface area (Å²) in [7, 11) is 1.62. The first-order valence-corrected chi connectivity index (χ1v) is 8.36. The number of hydrogen-bond donors (Lipinski definition) is 3. The van der Waals surface area contributed by atoms with Gasteiger partial charge in [-0.2, -0.15) is 5.10 Å². The molecule has 24 heavy (non-hydrogen) atoms. The van der Waals surface area contributed by atoms with Gasteiger partial charge in [0, 0.05) is 38.9 Å². The number of aromatic amines is 1. The van der Waals surface area contributed by atoms with Gasteiger partial charge in [-0.05, 0) is 42.5 Å². The number of halogens is 1. The Kier molecular flexibility index (Phi) is 5.12. The SMILES string of the molecule is COc1cccc(NC(=S)N/N=C/c2c[nH]c3ccc(Br)cc23)c1. The van der Waals surface area contributed by atoms with E-state index >= 15 is 0 Å². The molecule has 0 aliphatic heterocycles. The van der Waals surface area contributed by atoms with E-state index in [1.54, 1.807) is 13.3 Å². The number of fused-ring (bicyclic) bond motifs is 1. The zero-order valence-electron chi connectivity index (χ0n) is 12.8. The monoisotopic (exact) mass is 402 g/mol. The number of rotatable bonds is 4. The van der Waals surface area contributed by atoms with Gasteiger partial charge in [0.15, 0.2) is 5.11 Å². The van der Waals surface area contributed by atoms with Crippen molar-refractivity contribution in [3.63, 3.8) is 0 Å². The molecular weight excluding hydrogens is 388 g/mol. The second kappa shape index (κ2) is 7.46. The van der Waals surface area contributed by atoms with Gasteiger partial charge in [0.25, 0.3) is 0 Å². The molecule has 0 bridgehead atoms. The summed E-state index contributed by atoms with van der Waals surface area (Å²) in [6.45, 7) is 0. The fourth-order valence-electron chi connectivity index (χ4n) is 2.24. The molecule has 0 fully saturated rings. The molecule has 0 unspecified atom stereocenters. The Morgan fingerprint density at radius 1 is 1.29 bits per heavy atom. The molecule has 0 saturated heterocycles. The minimum atomic E-state index is 0.403. The van der Waals surface area contributed by atoms with Crippen molar-refractivity contribution < 1.29 is 4.74 Å². The third kappa shape index (κ3) is 3.93. The number of anilines is 1. The number of nitrogens with zero attached hydrogens (tertiary/aromatic N) is 1. The maximum Gasteiger partial charge on any atom is 0.191 e. The van der Waals surface area contributed by atoms with Crippen LogP contribution < -0.4 is 15.5 Å². The third-order valence-corrected chi connectivity index (χ3v) is 4.06. The highest BCUT2D eigenvalue weighted by Gasteiger charge is 2.02. The van der Waals surface area contributed by atoms with Gasteiger partial charge in [0.1, 0.15) is 5.75 Å². The van der Waals surface area contributed by atoms with Gasteiger partial charge < -0.3 is 15.0 Å². The van der Waals surface area contributed by atoms with E-state index in [0.29, 0.717) is 5.11 Å². The van der Waals surface area contributed by atoms with Crippen LogP contribution in [0.3, 0.4) is 0 Å². The Labute approximate surface area is 153 Å². The van der Waals surface area contributed by atoms with Gasteiger partial charge in [0.05, 0.1) is 13.3 Å². The summed E-state index contributed by atoms with van der Waals surface area (Å²) in [5.41, 5.74) is 5.67. The predicted octanol–water partition coefficient (Wildman–Crippen LogP) is 4.26. The molecule has 0 aliphatic carbocycles. The van der Waals surface area contributed by atoms with E-state index in [2.05, 4.69) is 36.8 Å². The Balaban J connectivity index is 1.64. The maximum atomic E-state index is 5.23. The van der Waals surface area contributed by atoms with Crippen molar-refractivity contribution in [2.75, 3.05) is 12.4 Å². The highest BCUT2D eigenvalue weighted by atomic mass is 79.9. The average Bonchev–Trinajstić information content (AvgIpc) is 2.97. The first-order chi connectivity index (χ1) is 11.7. The van der Waals surface area contributed by atoms with Crippen molar-refractivity contribution in [2.45, 2.75) is 0 Å². The Morgan fingerprint density at radius 2 is 2.17 bits per heavy atom. The van der Waals surface area contributed by atoms with Gasteiger partial charge in [0.2, 0.25) is 0 Å². The fourth-order valence-corrected chi connectivity index (χ4v) is 2.77. The normalized spacial score (nSPS) is 10.9. The summed E-state index contributed by atoms with van der Waals surface area (Å²) < 4.78 is 6.20. The lowest BCUT2D eigenvalue weighted by Crippen LogP contribution is -2.23. The second-order valence-electron chi connectivity index (χ2n) is 4.99. The third-order valence-electron chi connectivity index (χ3n) is 3.37. The minimum absolute atomic E-state index is 0.403. The van der Waals surface area contributed by atoms with E-state index in [-0.39, 0.29) is 0 Å². The van der Waals surface area contributed by atoms with E-state index in [0.717, 1.165) is 32.4 Å². The van der Waals surface area contributed by atoms with Crippen molar-refractivity contribution in [2.24, 2.45) is 5.10 Å². The van der Waals surface area contributed by atoms with Crippen molar-refractivity contribution in [1.29, 1.82) is 0 Å². The van der Waals surface area contributed by atoms with Crippen LogP contribution in [-0.4, -0.2) is 23.4 Å². The van der Waals surface area contributed by atoms with E-state index in [1.165, 1.54) is 0 Å². The lowest BCUT2D eigenvalue weighted by Gasteiger charge is -2.08. The summed E-state index contributed by atoms with van der Waals surface area (Å²) in [4.78, 5) is 3.20. The molecule has 0 amide bonds. The highest BCUT2D eigenvalue weighted by Crippen LogP contribution is 2.21. The topological polar surface area (TPSA) is 61.4 Å². The van der Waals surface area contributed by atoms with Crippen LogP contribution in [-0.2, 0) is 0 Å². The van der Waals surface area contributed by atoms with E-state index < -0.39 is 0 Å². The van der Waals surface area contributed by atoms with Crippen molar-refractivity contribution >= 4 is 56.1 Å². The lowest BCUT2D eigenvalue weighted by molar-refractivity contribution is 0.415. The average molecular weight is 403 g/mol. The molecule has 3 aromatic rings. The van der Waals surface area contributed by atoms with E-state index in [4.69, 9.17) is 17.0 Å². The molecule has 7 heteroatoms. The minimum Gasteiger partial charge on any atom is -0.497 e. The van der Waals surface area contributed by atoms with Crippen LogP contribution >= 0.6 is 28.1 Å². The molecule has 0 radical (unpaired) electrons. The lowest BCUT2D eigenvalue weighted by atomic mass is 10.2. The van der Waals surface area contributed by atoms with Crippen molar-refractivity contribution in [3.8, 4) is 5.75 Å². The van der Waals surface area contributed by atoms with E-state index in [9.17, 15) is 0 Å². The number of ether oxygens (including phenoxy) is 1. The van der Waals surface area contributed by atoms with Gasteiger partial charge in [-0.15, -0.1) is 0 Å². The van der Waals surface area contributed by atoms with Crippen LogP contribution in [0.4, 0.5) is 5.69 Å². The molecule has 0 atom stereocenters. The summed E-state index contributed by atoms with van der Waals surface area (Å²) in [6.07, 6.45) is 3.63. The number of H-pyrrole nitrogens is 1. The van der Waals surface area contributed by atoms with Crippen LogP contribution in [0.25, 0.3) is 10.9 Å². The maximum absolute atomic E-state index is 5.23. The van der Waals surface area contributed by atoms with Crippen LogP contribution in [0.15, 0.2) is 58.2 Å². The summed E-state index contributed by atoms with van der Waals surface area (Å²) in [6, 6.07) is 13.6. The number of aromatic nitrogens is 1. The standard InChI is InChI=1S/C17H15BrN4OS/c1-23-14-4-2-3-13(8-14)21-17(24)22-20-10-11-9-19-16-6-5-12(18)7-15(11)16/h2-10,19H,1H3,(H2,21,22,24)/b20-10+. The number of benzene rings is 2. The Bertz CT molecular complexity index is 906. The first kappa shape index (κ1) is 16.5. The van der Waals surface area contributed by atoms with Crippen LogP contribution in [0, 0.1) is 0 Å². The zero-order valence-corrected chi connectivity index (χ0v) is 15.2. The van der Waals surface area contributed by atoms with Crippen LogP contribution in [0.2, 0.25) is 0 Å². The highest BCUT2D eigenvalue weighted by molar-refractivity contribution is 9.10. The molecule has 122 valence electrons. The van der Waals surface area contributed by atoms with Gasteiger partial charge in [-0.3, -0.25) is 5.43 Å². The number of hydrogen-bond acceptors (Lipinski definition) is 3. The Hall–Kier alpha value is -2.38. The van der Waals surface area contributed by atoms with Crippen LogP contribution in [0.5, 0.6) is 5.75 Å². The Morgan fingerprint density at radius 3 is 3.00 bits per heavy atom. The molecule has 0 aliphatic rings. The summed E-state index contributed by atoms with van der Waals surface area (Å²) >= 11 is 8.71. The molecular formula is C17H15BrN4OS. The zero-order chi connectivity index (χ0) is 16.9. The molecule has 1 heterocycles. The van der Waals surface area contributed by atoms with Crippen molar-refractivity contribution in [3.05, 3.63) is 58.7 Å². The van der Waals surface area contributed by atoms with Crippen molar-refractivity contribution in [1.82, 2.24) is 10.4 Å². The molecule has 3 N–H and O–H groups in total. The molecule has 0 spiro atoms. The molecule has 1 aromatic heterocycles. The molecule has 2 aromatic carbocycles. The van der Waals surface area contributed by atoms with Crippen LogP contribution in [0.1, 0.15) is 5.56 Å². The molecule has 0 saturated carbocycles.